The summed E-state index contributed by atoms with van der Waals surface area (Å²) < 4.78 is 32.1. The molecule has 7 atom stereocenters. The van der Waals surface area contributed by atoms with Crippen molar-refractivity contribution < 1.29 is 67.9 Å². The van der Waals surface area contributed by atoms with Gasteiger partial charge in [-0.2, -0.15) is 0 Å². The number of carbonyl (C=O) groups is 3. The number of amides is 2. The topological polar surface area (TPSA) is 251 Å². The molecule has 0 bridgehead atoms. The number of nitrogens with one attached hydrogen (secondary N) is 2. The molecule has 16 nitrogen and oxygen atoms in total. The summed E-state index contributed by atoms with van der Waals surface area (Å²) >= 11 is 5.84. The molecule has 0 saturated carbocycles. The molecular formula is C28H40ClN2O14P. The van der Waals surface area contributed by atoms with Gasteiger partial charge in [0.25, 0.3) is 5.79 Å². The van der Waals surface area contributed by atoms with E-state index in [4.69, 9.17) is 32.0 Å². The third-order valence-corrected chi connectivity index (χ3v) is 8.04. The first-order valence-electron chi connectivity index (χ1n) is 14.3. The van der Waals surface area contributed by atoms with Crippen molar-refractivity contribution in [2.24, 2.45) is 0 Å². The SMILES string of the molecule is C#CCOP(=O)(O)OCCCCCCO[C@]1(C(=O)O)C[C@H](O)[C@@H](NC(=O)CO)[C@H]([C@H](O)[C@H](O)CNC(=O)Cc2ccc(Cl)cc2)O1. The lowest BCUT2D eigenvalue weighted by Crippen LogP contribution is -2.68. The van der Waals surface area contributed by atoms with E-state index in [1.54, 1.807) is 24.3 Å². The highest BCUT2D eigenvalue weighted by Gasteiger charge is 2.55. The van der Waals surface area contributed by atoms with Gasteiger partial charge in [-0.3, -0.25) is 18.6 Å². The van der Waals surface area contributed by atoms with Crippen molar-refractivity contribution in [3.8, 4) is 12.3 Å². The lowest BCUT2D eigenvalue weighted by Gasteiger charge is -2.46. The number of carboxylic acids is 1. The number of carbonyl (C=O) groups excluding carboxylic acids is 2. The van der Waals surface area contributed by atoms with Crippen LogP contribution in [0.1, 0.15) is 37.7 Å². The van der Waals surface area contributed by atoms with Crippen molar-refractivity contribution in [1.29, 1.82) is 0 Å². The standard InChI is InChI=1S/C28H40ClN2O14P/c1-2-11-43-46(40,41)44-13-6-4-3-5-12-42-28(27(38)39)15-20(33)24(31-23(36)17-32)26(45-28)25(37)21(34)16-30-22(35)14-18-7-9-19(29)10-8-18/h1,7-10,20-21,24-26,32-34,37H,3-6,11-17H2,(H,30,35)(H,31,36)(H,38,39)(H,40,41)/t20-,21+,24+,25+,26+,28+/m0/s1. The van der Waals surface area contributed by atoms with Crippen LogP contribution in [0.15, 0.2) is 24.3 Å². The Morgan fingerprint density at radius 1 is 1.11 bits per heavy atom. The fraction of sp³-hybridized carbons (Fsp3) is 0.607. The smallest absolute Gasteiger partial charge is 0.473 e. The zero-order valence-electron chi connectivity index (χ0n) is 24.8. The van der Waals surface area contributed by atoms with Gasteiger partial charge < -0.3 is 50.5 Å². The molecule has 1 aromatic carbocycles. The molecule has 1 aliphatic heterocycles. The average molecular weight is 695 g/mol. The van der Waals surface area contributed by atoms with Gasteiger partial charge >= 0.3 is 13.8 Å². The molecular weight excluding hydrogens is 655 g/mol. The quantitative estimate of drug-likeness (QED) is 0.0486. The minimum absolute atomic E-state index is 0.0695. The monoisotopic (exact) mass is 694 g/mol. The molecule has 0 aromatic heterocycles. The normalized spacial score (nSPS) is 23.8. The van der Waals surface area contributed by atoms with Crippen LogP contribution in [-0.4, -0.2) is 117 Å². The molecule has 1 aromatic rings. The number of hydrogen-bond donors (Lipinski definition) is 8. The molecule has 1 saturated heterocycles. The Bertz CT molecular complexity index is 1230. The van der Waals surface area contributed by atoms with E-state index in [9.17, 15) is 49.4 Å². The third-order valence-electron chi connectivity index (χ3n) is 6.83. The first-order chi connectivity index (χ1) is 21.7. The number of carboxylic acid groups (broad SMARTS) is 1. The first-order valence-corrected chi connectivity index (χ1v) is 16.2. The van der Waals surface area contributed by atoms with E-state index in [1.807, 2.05) is 5.92 Å². The summed E-state index contributed by atoms with van der Waals surface area (Å²) in [6, 6.07) is 4.98. The van der Waals surface area contributed by atoms with Gasteiger partial charge in [-0.15, -0.1) is 6.42 Å². The van der Waals surface area contributed by atoms with Gasteiger partial charge in [0.2, 0.25) is 11.8 Å². The van der Waals surface area contributed by atoms with Crippen LogP contribution in [0.4, 0.5) is 0 Å². The number of aliphatic hydroxyl groups excluding tert-OH is 4. The Morgan fingerprint density at radius 3 is 2.37 bits per heavy atom. The molecule has 2 rings (SSSR count). The van der Waals surface area contributed by atoms with E-state index in [2.05, 4.69) is 15.2 Å². The van der Waals surface area contributed by atoms with Crippen molar-refractivity contribution in [3.05, 3.63) is 34.9 Å². The second kappa shape index (κ2) is 19.2. The number of halogens is 1. The highest BCUT2D eigenvalue weighted by Crippen LogP contribution is 2.43. The molecule has 258 valence electrons. The summed E-state index contributed by atoms with van der Waals surface area (Å²) in [6.07, 6.45) is -1.32. The summed E-state index contributed by atoms with van der Waals surface area (Å²) in [6.45, 7) is -2.17. The Kier molecular flexibility index (Phi) is 16.5. The van der Waals surface area contributed by atoms with Gasteiger partial charge in [-0.1, -0.05) is 42.5 Å². The molecule has 1 aliphatic rings. The number of rotatable bonds is 20. The van der Waals surface area contributed by atoms with Crippen molar-refractivity contribution in [3.63, 3.8) is 0 Å². The first kappa shape index (κ1) is 39.5. The Hall–Kier alpha value is -2.65. The van der Waals surface area contributed by atoms with E-state index in [0.717, 1.165) is 0 Å². The lowest BCUT2D eigenvalue weighted by molar-refractivity contribution is -0.310. The number of unbranched alkanes of at least 4 members (excludes halogenated alkanes) is 3. The van der Waals surface area contributed by atoms with Crippen molar-refractivity contribution in [2.45, 2.75) is 74.8 Å². The summed E-state index contributed by atoms with van der Waals surface area (Å²) in [5.74, 6) is -3.58. The average Bonchev–Trinajstić information content (AvgIpc) is 3.01. The predicted molar refractivity (Wildman–Crippen MR) is 160 cm³/mol. The van der Waals surface area contributed by atoms with E-state index < -0.39 is 81.4 Å². The number of aliphatic carboxylic acids is 1. The number of phosphoric acid groups is 1. The number of aliphatic hydroxyl groups is 4. The second-order valence-electron chi connectivity index (χ2n) is 10.4. The van der Waals surface area contributed by atoms with Gasteiger partial charge in [-0.05, 0) is 30.5 Å². The Morgan fingerprint density at radius 2 is 1.76 bits per heavy atom. The predicted octanol–water partition coefficient (Wildman–Crippen LogP) is -0.528. The van der Waals surface area contributed by atoms with Crippen LogP contribution < -0.4 is 10.6 Å². The number of phosphoric ester groups is 1. The van der Waals surface area contributed by atoms with Crippen LogP contribution in [0.5, 0.6) is 0 Å². The number of ether oxygens (including phenoxy) is 2. The van der Waals surface area contributed by atoms with Gasteiger partial charge in [0.05, 0.1) is 37.9 Å². The number of hydrogen-bond acceptors (Lipinski definition) is 12. The third kappa shape index (κ3) is 12.9. The van der Waals surface area contributed by atoms with E-state index in [0.29, 0.717) is 36.3 Å². The van der Waals surface area contributed by atoms with E-state index in [-0.39, 0.29) is 26.2 Å². The van der Waals surface area contributed by atoms with E-state index in [1.165, 1.54) is 0 Å². The Labute approximate surface area is 270 Å². The van der Waals surface area contributed by atoms with Crippen LogP contribution in [0.2, 0.25) is 5.02 Å². The van der Waals surface area contributed by atoms with Gasteiger partial charge in [-0.25, -0.2) is 9.36 Å². The van der Waals surface area contributed by atoms with E-state index >= 15 is 0 Å². The maximum Gasteiger partial charge on any atom is 0.473 e. The van der Waals surface area contributed by atoms with Crippen LogP contribution in [0.25, 0.3) is 0 Å². The van der Waals surface area contributed by atoms with Crippen LogP contribution in [0.3, 0.4) is 0 Å². The van der Waals surface area contributed by atoms with Gasteiger partial charge in [0.15, 0.2) is 0 Å². The minimum atomic E-state index is -4.25. The number of benzene rings is 1. The Balaban J connectivity index is 2.00. The molecule has 46 heavy (non-hydrogen) atoms. The maximum atomic E-state index is 12.4. The summed E-state index contributed by atoms with van der Waals surface area (Å²) in [5.41, 5.74) is 0.626. The highest BCUT2D eigenvalue weighted by molar-refractivity contribution is 7.47. The highest BCUT2D eigenvalue weighted by atomic mass is 35.5. The van der Waals surface area contributed by atoms with Gasteiger partial charge in [0, 0.05) is 18.0 Å². The molecule has 2 amide bonds. The summed E-state index contributed by atoms with van der Waals surface area (Å²) in [7, 11) is -4.25. The molecule has 8 N–H and O–H groups in total. The molecule has 1 fully saturated rings. The van der Waals surface area contributed by atoms with Crippen LogP contribution >= 0.6 is 19.4 Å². The zero-order valence-corrected chi connectivity index (χ0v) is 26.5. The van der Waals surface area contributed by atoms with Crippen molar-refractivity contribution in [2.75, 3.05) is 33.0 Å². The second-order valence-corrected chi connectivity index (χ2v) is 12.3. The zero-order chi connectivity index (χ0) is 34.3. The molecule has 0 radical (unpaired) electrons. The fourth-order valence-corrected chi connectivity index (χ4v) is 5.28. The van der Waals surface area contributed by atoms with Gasteiger partial charge in [0.1, 0.15) is 25.4 Å². The van der Waals surface area contributed by atoms with Crippen molar-refractivity contribution in [1.82, 2.24) is 10.6 Å². The minimum Gasteiger partial charge on any atom is -0.477 e. The molecule has 0 spiro atoms. The van der Waals surface area contributed by atoms with Crippen molar-refractivity contribution >= 4 is 37.2 Å². The number of terminal acetylenes is 1. The summed E-state index contributed by atoms with van der Waals surface area (Å²) in [4.78, 5) is 46.1. The van der Waals surface area contributed by atoms with Crippen LogP contribution in [-0.2, 0) is 43.9 Å². The maximum absolute atomic E-state index is 12.4. The summed E-state index contributed by atoms with van der Waals surface area (Å²) in [5, 5.41) is 56.9. The molecule has 1 heterocycles. The lowest BCUT2D eigenvalue weighted by atomic mass is 9.88. The molecule has 1 unspecified atom stereocenters. The molecule has 0 aliphatic carbocycles. The van der Waals surface area contributed by atoms with Crippen LogP contribution in [0, 0.1) is 12.3 Å². The largest absolute Gasteiger partial charge is 0.477 e. The molecule has 18 heteroatoms. The fourth-order valence-electron chi connectivity index (χ4n) is 4.49.